The van der Waals surface area contributed by atoms with Crippen LogP contribution in [0, 0.1) is 21.8 Å². The quantitative estimate of drug-likeness (QED) is 0.734. The van der Waals surface area contributed by atoms with E-state index in [-0.39, 0.29) is 0 Å². The van der Waals surface area contributed by atoms with Crippen LogP contribution in [0.25, 0.3) is 0 Å². The highest BCUT2D eigenvalue weighted by molar-refractivity contribution is 14.1. The number of aryl methyl sites for hydroxylation is 1. The maximum atomic E-state index is 9.00. The Morgan fingerprint density at radius 2 is 1.68 bits per heavy atom. The summed E-state index contributed by atoms with van der Waals surface area (Å²) >= 11 is 2.28. The van der Waals surface area contributed by atoms with Crippen LogP contribution in [0.5, 0.6) is 0 Å². The van der Waals surface area contributed by atoms with Gasteiger partial charge in [0.1, 0.15) is 0 Å². The molecular weight excluding hydrogens is 361 g/mol. The number of hydrogen-bond donors (Lipinski definition) is 2. The first-order valence-electron chi connectivity index (χ1n) is 5.22. The molecule has 0 fully saturated rings. The first kappa shape index (κ1) is 19.7. The van der Waals surface area contributed by atoms with E-state index < -0.39 is 11.9 Å². The van der Waals surface area contributed by atoms with Crippen LogP contribution < -0.4 is 0 Å². The summed E-state index contributed by atoms with van der Waals surface area (Å²) in [6.07, 6.45) is 0.514. The average molecular weight is 377 g/mol. The Bertz CT molecular complexity index is 446. The molecule has 1 aromatic rings. The normalized spacial score (nSPS) is 7.95. The average Bonchev–Trinajstić information content (AvgIpc) is 2.23. The molecule has 0 spiro atoms. The number of aliphatic carboxylic acids is 2. The van der Waals surface area contributed by atoms with Crippen molar-refractivity contribution in [2.45, 2.75) is 27.2 Å². The lowest BCUT2D eigenvalue weighted by Crippen LogP contribution is -1.89. The molecule has 19 heavy (non-hydrogen) atoms. The second kappa shape index (κ2) is 11.5. The number of benzene rings is 1. The first-order chi connectivity index (χ1) is 8.72. The molecule has 0 unspecified atom stereocenters. The van der Waals surface area contributed by atoms with Crippen molar-refractivity contribution in [3.8, 4) is 6.07 Å². The van der Waals surface area contributed by atoms with Gasteiger partial charge < -0.3 is 10.2 Å². The number of hydrogen-bond acceptors (Lipinski definition) is 3. The maximum Gasteiger partial charge on any atom is 0.300 e. The van der Waals surface area contributed by atoms with E-state index in [2.05, 4.69) is 41.7 Å². The van der Waals surface area contributed by atoms with E-state index >= 15 is 0 Å². The number of rotatable bonds is 1. The molecule has 0 radical (unpaired) electrons. The predicted octanol–water partition coefficient (Wildman–Crippen LogP) is 2.85. The van der Waals surface area contributed by atoms with Crippen LogP contribution >= 0.6 is 22.6 Å². The summed E-state index contributed by atoms with van der Waals surface area (Å²) in [7, 11) is 0. The topological polar surface area (TPSA) is 98.4 Å². The number of carbonyl (C=O) groups is 2. The number of carboxylic acids is 2. The third-order valence-electron chi connectivity index (χ3n) is 1.54. The van der Waals surface area contributed by atoms with Gasteiger partial charge in [-0.05, 0) is 40.6 Å². The van der Waals surface area contributed by atoms with Gasteiger partial charge in [-0.15, -0.1) is 0 Å². The molecule has 1 rings (SSSR count). The van der Waals surface area contributed by atoms with Gasteiger partial charge in [-0.2, -0.15) is 5.26 Å². The lowest BCUT2D eigenvalue weighted by atomic mass is 10.1. The van der Waals surface area contributed by atoms with Gasteiger partial charge in [-0.3, -0.25) is 9.59 Å². The van der Waals surface area contributed by atoms with Gasteiger partial charge in [-0.1, -0.05) is 18.2 Å². The lowest BCUT2D eigenvalue weighted by Gasteiger charge is -2.01. The third-order valence-corrected chi connectivity index (χ3v) is 3.08. The largest absolute Gasteiger partial charge is 0.481 e. The SMILES string of the molecule is CC(=O)O.CC(=O)O.Cc1cccc(CC#N)c1I. The van der Waals surface area contributed by atoms with E-state index in [0.29, 0.717) is 6.42 Å². The highest BCUT2D eigenvalue weighted by Crippen LogP contribution is 2.16. The minimum Gasteiger partial charge on any atom is -0.481 e. The molecule has 0 heterocycles. The third kappa shape index (κ3) is 14.3. The number of halogens is 1. The lowest BCUT2D eigenvalue weighted by molar-refractivity contribution is -0.135. The molecule has 0 aliphatic rings. The zero-order chi connectivity index (χ0) is 15.4. The van der Waals surface area contributed by atoms with Gasteiger partial charge in [0.15, 0.2) is 0 Å². The van der Waals surface area contributed by atoms with Crippen molar-refractivity contribution in [2.24, 2.45) is 0 Å². The van der Waals surface area contributed by atoms with Crippen LogP contribution in [0.4, 0.5) is 0 Å². The Morgan fingerprint density at radius 3 is 2.05 bits per heavy atom. The number of nitrogens with zero attached hydrogens (tertiary/aromatic N) is 1. The molecule has 2 N–H and O–H groups in total. The Kier molecular flexibility index (Phi) is 11.9. The van der Waals surface area contributed by atoms with Gasteiger partial charge in [0.25, 0.3) is 11.9 Å². The van der Waals surface area contributed by atoms with E-state index in [1.807, 2.05) is 12.1 Å². The molecule has 0 aliphatic carbocycles. The van der Waals surface area contributed by atoms with Crippen LogP contribution in [-0.2, 0) is 16.0 Å². The zero-order valence-electron chi connectivity index (χ0n) is 11.0. The van der Waals surface area contributed by atoms with Crippen molar-refractivity contribution in [1.29, 1.82) is 5.26 Å². The first-order valence-corrected chi connectivity index (χ1v) is 6.30. The minimum absolute atomic E-state index is 0.514. The zero-order valence-corrected chi connectivity index (χ0v) is 13.1. The van der Waals surface area contributed by atoms with Gasteiger partial charge in [0, 0.05) is 17.4 Å². The van der Waals surface area contributed by atoms with Crippen LogP contribution in [0.15, 0.2) is 18.2 Å². The van der Waals surface area contributed by atoms with Gasteiger partial charge >= 0.3 is 0 Å². The van der Waals surface area contributed by atoms with Gasteiger partial charge in [-0.25, -0.2) is 0 Å². The van der Waals surface area contributed by atoms with Crippen molar-refractivity contribution in [3.63, 3.8) is 0 Å². The molecule has 104 valence electrons. The second-order valence-corrected chi connectivity index (χ2v) is 4.50. The monoisotopic (exact) mass is 377 g/mol. The molecule has 0 atom stereocenters. The molecule has 0 bridgehead atoms. The van der Waals surface area contributed by atoms with Crippen LogP contribution in [-0.4, -0.2) is 22.2 Å². The van der Waals surface area contributed by atoms with Crippen LogP contribution in [0.1, 0.15) is 25.0 Å². The Balaban J connectivity index is 0. The summed E-state index contributed by atoms with van der Waals surface area (Å²) in [5.74, 6) is -1.67. The van der Waals surface area contributed by atoms with Crippen molar-refractivity contribution in [1.82, 2.24) is 0 Å². The van der Waals surface area contributed by atoms with Gasteiger partial charge in [0.05, 0.1) is 12.5 Å². The van der Waals surface area contributed by atoms with Crippen molar-refractivity contribution >= 4 is 34.5 Å². The fourth-order valence-corrected chi connectivity index (χ4v) is 1.48. The summed E-state index contributed by atoms with van der Waals surface area (Å²) in [6.45, 7) is 4.22. The minimum atomic E-state index is -0.833. The summed E-state index contributed by atoms with van der Waals surface area (Å²) in [5, 5.41) is 23.3. The summed E-state index contributed by atoms with van der Waals surface area (Å²) < 4.78 is 1.21. The molecule has 0 amide bonds. The summed E-state index contributed by atoms with van der Waals surface area (Å²) in [6, 6.07) is 8.19. The number of nitriles is 1. The Hall–Kier alpha value is -1.62. The van der Waals surface area contributed by atoms with Crippen LogP contribution in [0.2, 0.25) is 0 Å². The summed E-state index contributed by atoms with van der Waals surface area (Å²) in [4.78, 5) is 18.0. The highest BCUT2D eigenvalue weighted by Gasteiger charge is 1.99. The second-order valence-electron chi connectivity index (χ2n) is 3.42. The van der Waals surface area contributed by atoms with E-state index in [0.717, 1.165) is 19.4 Å². The highest BCUT2D eigenvalue weighted by atomic mass is 127. The van der Waals surface area contributed by atoms with E-state index in [4.69, 9.17) is 25.1 Å². The molecule has 6 heteroatoms. The molecule has 1 aromatic carbocycles. The molecule has 0 saturated carbocycles. The molecule has 0 aliphatic heterocycles. The fourth-order valence-electron chi connectivity index (χ4n) is 0.930. The van der Waals surface area contributed by atoms with E-state index in [9.17, 15) is 0 Å². The van der Waals surface area contributed by atoms with Crippen molar-refractivity contribution in [3.05, 3.63) is 32.9 Å². The Morgan fingerprint density at radius 1 is 1.26 bits per heavy atom. The van der Waals surface area contributed by atoms with Crippen LogP contribution in [0.3, 0.4) is 0 Å². The van der Waals surface area contributed by atoms with E-state index in [1.165, 1.54) is 9.13 Å². The molecule has 0 aromatic heterocycles. The summed E-state index contributed by atoms with van der Waals surface area (Å²) in [5.41, 5.74) is 2.38. The van der Waals surface area contributed by atoms with E-state index in [1.54, 1.807) is 0 Å². The Labute approximate surface area is 126 Å². The molecule has 0 saturated heterocycles. The molecular formula is C13H16INO4. The number of carboxylic acid groups (broad SMARTS) is 2. The van der Waals surface area contributed by atoms with Crippen molar-refractivity contribution in [2.75, 3.05) is 0 Å². The predicted molar refractivity (Wildman–Crippen MR) is 79.8 cm³/mol. The molecule has 5 nitrogen and oxygen atoms in total. The maximum absolute atomic E-state index is 9.00. The fraction of sp³-hybridized carbons (Fsp3) is 0.308. The standard InChI is InChI=1S/C9H8IN.2C2H4O2/c1-7-3-2-4-8(5-6-11)9(7)10;2*1-2(3)4/h2-4H,5H2,1H3;2*1H3,(H,3,4). The van der Waals surface area contributed by atoms with Crippen molar-refractivity contribution < 1.29 is 19.8 Å². The van der Waals surface area contributed by atoms with Gasteiger partial charge in [0.2, 0.25) is 0 Å². The smallest absolute Gasteiger partial charge is 0.300 e.